The molecule has 1 aromatic carbocycles. The molecule has 0 spiro atoms. The number of halogens is 2. The topological polar surface area (TPSA) is 87.3 Å². The molecule has 0 fully saturated rings. The molecule has 0 aromatic heterocycles. The van der Waals surface area contributed by atoms with Crippen LogP contribution in [0.15, 0.2) is 24.3 Å². The summed E-state index contributed by atoms with van der Waals surface area (Å²) in [6.07, 6.45) is 0. The monoisotopic (exact) mass is 331 g/mol. The summed E-state index contributed by atoms with van der Waals surface area (Å²) < 4.78 is 12.6. The average Bonchev–Trinajstić information content (AvgIpc) is 2.42. The first kappa shape index (κ1) is 15.1. The van der Waals surface area contributed by atoms with Crippen LogP contribution in [-0.2, 0) is 9.59 Å². The molecule has 0 saturated carbocycles. The molecule has 0 aliphatic heterocycles. The zero-order valence-electron chi connectivity index (χ0n) is 9.70. The standard InChI is InChI=1S/C11H11BrFN3O3/c12-5-9(17)15-16-10(18)6-14-11(19)7-1-3-8(13)4-2-7/h1-4H,5-6H2,(H,14,19)(H,15,17)(H,16,18). The lowest BCUT2D eigenvalue weighted by molar-refractivity contribution is -0.126. The van der Waals surface area contributed by atoms with Gasteiger partial charge in [0.25, 0.3) is 11.8 Å². The van der Waals surface area contributed by atoms with Crippen molar-refractivity contribution in [2.45, 2.75) is 0 Å². The number of nitrogens with one attached hydrogen (secondary N) is 3. The number of carbonyl (C=O) groups excluding carboxylic acids is 3. The van der Waals surface area contributed by atoms with Gasteiger partial charge >= 0.3 is 0 Å². The molecule has 0 unspecified atom stereocenters. The maximum atomic E-state index is 12.6. The first-order valence-electron chi connectivity index (χ1n) is 5.20. The van der Waals surface area contributed by atoms with Crippen LogP contribution >= 0.6 is 15.9 Å². The number of alkyl halides is 1. The van der Waals surface area contributed by atoms with Gasteiger partial charge in [0, 0.05) is 5.56 Å². The van der Waals surface area contributed by atoms with Crippen LogP contribution in [0.5, 0.6) is 0 Å². The minimum absolute atomic E-state index is 0.0508. The Bertz CT molecular complexity index is 479. The molecule has 0 atom stereocenters. The predicted octanol–water partition coefficient (Wildman–Crippen LogP) is 0.0978. The summed E-state index contributed by atoms with van der Waals surface area (Å²) in [4.78, 5) is 33.6. The van der Waals surface area contributed by atoms with Gasteiger partial charge in [-0.2, -0.15) is 0 Å². The fourth-order valence-electron chi connectivity index (χ4n) is 1.08. The van der Waals surface area contributed by atoms with Gasteiger partial charge in [-0.05, 0) is 24.3 Å². The van der Waals surface area contributed by atoms with Crippen LogP contribution in [0, 0.1) is 5.82 Å². The lowest BCUT2D eigenvalue weighted by Gasteiger charge is -2.07. The smallest absolute Gasteiger partial charge is 0.257 e. The van der Waals surface area contributed by atoms with Crippen LogP contribution in [0.3, 0.4) is 0 Å². The second kappa shape index (κ2) is 7.47. The molecule has 6 nitrogen and oxygen atoms in total. The molecule has 0 bridgehead atoms. The van der Waals surface area contributed by atoms with Gasteiger partial charge in [0.05, 0.1) is 11.9 Å². The van der Waals surface area contributed by atoms with E-state index in [-0.39, 0.29) is 17.4 Å². The van der Waals surface area contributed by atoms with Gasteiger partial charge in [-0.15, -0.1) is 0 Å². The Morgan fingerprint density at radius 2 is 1.63 bits per heavy atom. The van der Waals surface area contributed by atoms with E-state index < -0.39 is 23.5 Å². The minimum atomic E-state index is -0.579. The molecule has 0 saturated heterocycles. The summed E-state index contributed by atoms with van der Waals surface area (Å²) in [6.45, 7) is -0.307. The summed E-state index contributed by atoms with van der Waals surface area (Å²) in [5, 5.41) is 2.37. The summed E-state index contributed by atoms with van der Waals surface area (Å²) >= 11 is 2.90. The predicted molar refractivity (Wildman–Crippen MR) is 68.8 cm³/mol. The maximum Gasteiger partial charge on any atom is 0.257 e. The molecule has 8 heteroatoms. The van der Waals surface area contributed by atoms with Gasteiger partial charge < -0.3 is 5.32 Å². The second-order valence-corrected chi connectivity index (χ2v) is 3.98. The highest BCUT2D eigenvalue weighted by atomic mass is 79.9. The molecule has 0 heterocycles. The van der Waals surface area contributed by atoms with E-state index in [4.69, 9.17) is 0 Å². The molecule has 0 radical (unpaired) electrons. The lowest BCUT2D eigenvalue weighted by Crippen LogP contribution is -2.46. The molecule has 3 amide bonds. The summed E-state index contributed by atoms with van der Waals surface area (Å²) in [6, 6.07) is 4.89. The number of hydrogen-bond donors (Lipinski definition) is 3. The maximum absolute atomic E-state index is 12.6. The van der Waals surface area contributed by atoms with Crippen molar-refractivity contribution in [2.75, 3.05) is 11.9 Å². The first-order valence-corrected chi connectivity index (χ1v) is 6.32. The number of amides is 3. The van der Waals surface area contributed by atoms with Crippen molar-refractivity contribution in [1.29, 1.82) is 0 Å². The van der Waals surface area contributed by atoms with E-state index in [1.807, 2.05) is 0 Å². The lowest BCUT2D eigenvalue weighted by atomic mass is 10.2. The van der Waals surface area contributed by atoms with Crippen LogP contribution in [0.2, 0.25) is 0 Å². The number of rotatable bonds is 4. The van der Waals surface area contributed by atoms with Gasteiger partial charge in [-0.25, -0.2) is 4.39 Å². The van der Waals surface area contributed by atoms with Crippen molar-refractivity contribution in [3.63, 3.8) is 0 Å². The van der Waals surface area contributed by atoms with Crippen LogP contribution in [-0.4, -0.2) is 29.6 Å². The Labute approximate surface area is 116 Å². The van der Waals surface area contributed by atoms with Crippen molar-refractivity contribution in [3.8, 4) is 0 Å². The molecular weight excluding hydrogens is 321 g/mol. The third kappa shape index (κ3) is 5.47. The fourth-order valence-corrected chi connectivity index (χ4v) is 1.22. The van der Waals surface area contributed by atoms with E-state index in [2.05, 4.69) is 32.1 Å². The van der Waals surface area contributed by atoms with Gasteiger partial charge in [0.2, 0.25) is 5.91 Å². The molecular formula is C11H11BrFN3O3. The normalized spacial score (nSPS) is 9.58. The van der Waals surface area contributed by atoms with Crippen molar-refractivity contribution in [1.82, 2.24) is 16.2 Å². The van der Waals surface area contributed by atoms with E-state index in [1.54, 1.807) is 0 Å². The fraction of sp³-hybridized carbons (Fsp3) is 0.182. The second-order valence-electron chi connectivity index (χ2n) is 3.42. The summed E-state index contributed by atoms with van der Waals surface area (Å²) in [7, 11) is 0. The van der Waals surface area contributed by atoms with Crippen molar-refractivity contribution in [2.24, 2.45) is 0 Å². The van der Waals surface area contributed by atoms with E-state index in [9.17, 15) is 18.8 Å². The van der Waals surface area contributed by atoms with Crippen LogP contribution in [0.1, 0.15) is 10.4 Å². The molecule has 0 aliphatic rings. The number of carbonyl (C=O) groups is 3. The molecule has 0 aliphatic carbocycles. The van der Waals surface area contributed by atoms with Gasteiger partial charge in [0.1, 0.15) is 5.82 Å². The third-order valence-electron chi connectivity index (χ3n) is 1.98. The highest BCUT2D eigenvalue weighted by Crippen LogP contribution is 2.01. The van der Waals surface area contributed by atoms with E-state index in [0.717, 1.165) is 12.1 Å². The minimum Gasteiger partial charge on any atom is -0.343 e. The zero-order chi connectivity index (χ0) is 14.3. The summed E-state index contributed by atoms with van der Waals surface area (Å²) in [5.74, 6) is -1.96. The Kier molecular flexibility index (Phi) is 5.94. The number of hydrazine groups is 1. The zero-order valence-corrected chi connectivity index (χ0v) is 11.3. The quantitative estimate of drug-likeness (QED) is 0.540. The highest BCUT2D eigenvalue weighted by molar-refractivity contribution is 9.09. The van der Waals surface area contributed by atoms with Crippen molar-refractivity contribution in [3.05, 3.63) is 35.6 Å². The Balaban J connectivity index is 2.36. The van der Waals surface area contributed by atoms with Gasteiger partial charge in [0.15, 0.2) is 0 Å². The van der Waals surface area contributed by atoms with Crippen molar-refractivity contribution >= 4 is 33.7 Å². The highest BCUT2D eigenvalue weighted by Gasteiger charge is 2.08. The van der Waals surface area contributed by atoms with Crippen LogP contribution < -0.4 is 16.2 Å². The molecule has 1 rings (SSSR count). The number of benzene rings is 1. The van der Waals surface area contributed by atoms with E-state index in [1.165, 1.54) is 12.1 Å². The molecule has 3 N–H and O–H groups in total. The van der Waals surface area contributed by atoms with Gasteiger partial charge in [-0.1, -0.05) is 15.9 Å². The Morgan fingerprint density at radius 3 is 2.21 bits per heavy atom. The van der Waals surface area contributed by atoms with Crippen LogP contribution in [0.4, 0.5) is 4.39 Å². The van der Waals surface area contributed by atoms with E-state index >= 15 is 0 Å². The molecule has 19 heavy (non-hydrogen) atoms. The summed E-state index contributed by atoms with van der Waals surface area (Å²) in [5.41, 5.74) is 4.46. The van der Waals surface area contributed by atoms with Gasteiger partial charge in [-0.3, -0.25) is 25.2 Å². The molecule has 1 aromatic rings. The SMILES string of the molecule is O=C(CBr)NNC(=O)CNC(=O)c1ccc(F)cc1. The average molecular weight is 332 g/mol. The Hall–Kier alpha value is -1.96. The Morgan fingerprint density at radius 1 is 1.05 bits per heavy atom. The van der Waals surface area contributed by atoms with Crippen molar-refractivity contribution < 1.29 is 18.8 Å². The largest absolute Gasteiger partial charge is 0.343 e. The van der Waals surface area contributed by atoms with Crippen LogP contribution in [0.25, 0.3) is 0 Å². The number of hydrogen-bond acceptors (Lipinski definition) is 3. The van der Waals surface area contributed by atoms with E-state index in [0.29, 0.717) is 0 Å². The third-order valence-corrected chi connectivity index (χ3v) is 2.49. The molecule has 102 valence electrons. The first-order chi connectivity index (χ1) is 9.02.